The number of imide groups is 1. The minimum Gasteiger partial charge on any atom is -0.313 e. The second kappa shape index (κ2) is 6.78. The minimum absolute atomic E-state index is 0.249. The average molecular weight is 415 g/mol. The third kappa shape index (κ3) is 2.67. The topological polar surface area (TPSA) is 76.4 Å². The maximum atomic E-state index is 13.6. The number of anilines is 1. The number of amides is 3. The van der Waals surface area contributed by atoms with Gasteiger partial charge in [0.25, 0.3) is 5.91 Å². The largest absolute Gasteiger partial charge is 0.332 e. The Morgan fingerprint density at radius 3 is 2.39 bits per heavy atom. The van der Waals surface area contributed by atoms with Gasteiger partial charge in [0.15, 0.2) is 0 Å². The van der Waals surface area contributed by atoms with E-state index in [1.807, 2.05) is 12.1 Å². The number of nitriles is 1. The monoisotopic (exact) mass is 414 g/mol. The van der Waals surface area contributed by atoms with Gasteiger partial charge in [-0.15, -0.1) is 0 Å². The third-order valence-corrected chi connectivity index (χ3v) is 5.95. The molecule has 2 aliphatic rings. The van der Waals surface area contributed by atoms with Crippen LogP contribution in [0.15, 0.2) is 42.5 Å². The molecule has 0 bridgehead atoms. The molecule has 6 nitrogen and oxygen atoms in total. The fourth-order valence-corrected chi connectivity index (χ4v) is 4.61. The van der Waals surface area contributed by atoms with Crippen LogP contribution in [0, 0.1) is 11.3 Å². The Morgan fingerprint density at radius 2 is 1.79 bits per heavy atom. The number of carbonyl (C=O) groups is 2. The Labute approximate surface area is 172 Å². The summed E-state index contributed by atoms with van der Waals surface area (Å²) >= 11 is 12.2. The molecule has 1 spiro atoms. The number of hydrogen-bond donors (Lipinski definition) is 1. The summed E-state index contributed by atoms with van der Waals surface area (Å²) in [6.45, 7) is 0.878. The maximum Gasteiger partial charge on any atom is 0.332 e. The lowest BCUT2D eigenvalue weighted by Gasteiger charge is -2.33. The molecule has 2 heterocycles. The fraction of sp³-hybridized carbons (Fsp3) is 0.250. The summed E-state index contributed by atoms with van der Waals surface area (Å²) in [7, 11) is 1.63. The summed E-state index contributed by atoms with van der Waals surface area (Å²) < 4.78 is 0. The van der Waals surface area contributed by atoms with Gasteiger partial charge in [0.1, 0.15) is 5.54 Å². The summed E-state index contributed by atoms with van der Waals surface area (Å²) in [6, 6.07) is 13.4. The lowest BCUT2D eigenvalue weighted by molar-refractivity contribution is -0.124. The number of nitrogens with zero attached hydrogens (tertiary/aromatic N) is 3. The van der Waals surface area contributed by atoms with Crippen molar-refractivity contribution >= 4 is 40.8 Å². The number of rotatable bonds is 2. The van der Waals surface area contributed by atoms with E-state index < -0.39 is 11.6 Å². The summed E-state index contributed by atoms with van der Waals surface area (Å²) in [5, 5.41) is 13.0. The van der Waals surface area contributed by atoms with E-state index in [2.05, 4.69) is 11.4 Å². The van der Waals surface area contributed by atoms with Crippen LogP contribution >= 0.6 is 23.2 Å². The van der Waals surface area contributed by atoms with E-state index in [4.69, 9.17) is 28.5 Å². The zero-order valence-electron chi connectivity index (χ0n) is 14.9. The van der Waals surface area contributed by atoms with Gasteiger partial charge in [-0.3, -0.25) is 4.79 Å². The van der Waals surface area contributed by atoms with Crippen LogP contribution in [0.2, 0.25) is 10.0 Å². The Hall–Kier alpha value is -2.59. The molecule has 2 atom stereocenters. The van der Waals surface area contributed by atoms with Crippen LogP contribution in [0.5, 0.6) is 0 Å². The summed E-state index contributed by atoms with van der Waals surface area (Å²) in [5.41, 5.74) is 0.728. The quantitative estimate of drug-likeness (QED) is 0.763. The molecule has 0 aliphatic carbocycles. The van der Waals surface area contributed by atoms with E-state index in [-0.39, 0.29) is 11.8 Å². The molecule has 142 valence electrons. The smallest absolute Gasteiger partial charge is 0.313 e. The van der Waals surface area contributed by atoms with Gasteiger partial charge in [0.2, 0.25) is 0 Å². The highest BCUT2D eigenvalue weighted by atomic mass is 35.5. The molecule has 2 fully saturated rings. The molecule has 0 radical (unpaired) electrons. The van der Waals surface area contributed by atoms with E-state index >= 15 is 0 Å². The van der Waals surface area contributed by atoms with Crippen molar-refractivity contribution in [2.45, 2.75) is 11.5 Å². The van der Waals surface area contributed by atoms with E-state index in [1.165, 1.54) is 4.90 Å². The van der Waals surface area contributed by atoms with Gasteiger partial charge in [-0.1, -0.05) is 35.3 Å². The summed E-state index contributed by atoms with van der Waals surface area (Å²) in [6.07, 6.45) is 0. The van der Waals surface area contributed by atoms with Crippen LogP contribution < -0.4 is 10.2 Å². The molecule has 0 saturated carbocycles. The average Bonchev–Trinajstić information content (AvgIpc) is 3.19. The second-order valence-corrected chi connectivity index (χ2v) is 7.82. The normalized spacial score (nSPS) is 24.3. The first-order valence-electron chi connectivity index (χ1n) is 8.67. The molecule has 3 amide bonds. The summed E-state index contributed by atoms with van der Waals surface area (Å²) in [4.78, 5) is 29.2. The maximum absolute atomic E-state index is 13.6. The molecule has 2 aromatic rings. The minimum atomic E-state index is -1.06. The Morgan fingerprint density at radius 1 is 1.14 bits per heavy atom. The summed E-state index contributed by atoms with van der Waals surface area (Å²) in [5.74, 6) is -0.570. The predicted octanol–water partition coefficient (Wildman–Crippen LogP) is 3.39. The lowest BCUT2D eigenvalue weighted by atomic mass is 9.80. The van der Waals surface area contributed by atoms with Crippen molar-refractivity contribution in [2.75, 3.05) is 25.0 Å². The van der Waals surface area contributed by atoms with E-state index in [9.17, 15) is 9.59 Å². The van der Waals surface area contributed by atoms with Gasteiger partial charge >= 0.3 is 6.03 Å². The van der Waals surface area contributed by atoms with Gasteiger partial charge in [-0.2, -0.15) is 5.26 Å². The molecule has 1 N–H and O–H groups in total. The molecular formula is C20H16Cl2N4O2. The Kier molecular flexibility index (Phi) is 4.54. The standard InChI is InChI=1S/C20H16Cl2N4O2/c1-25-19(28)26(16-7-14(21)6-15(22)8-16)18(27)20(25)11-24-10-17(20)13-4-2-12(9-23)3-5-13/h2-8,17,24H,10-11H2,1H3/t17-,20?/m0/s1. The van der Waals surface area contributed by atoms with Gasteiger partial charge in [0, 0.05) is 36.1 Å². The zero-order valence-corrected chi connectivity index (χ0v) is 16.5. The van der Waals surface area contributed by atoms with Crippen molar-refractivity contribution < 1.29 is 9.59 Å². The number of urea groups is 1. The Bertz CT molecular complexity index is 998. The van der Waals surface area contributed by atoms with Gasteiger partial charge in [0.05, 0.1) is 17.3 Å². The highest BCUT2D eigenvalue weighted by Gasteiger charge is 2.62. The van der Waals surface area contributed by atoms with Crippen LogP contribution in [0.25, 0.3) is 0 Å². The van der Waals surface area contributed by atoms with Gasteiger partial charge in [-0.05, 0) is 35.9 Å². The Balaban J connectivity index is 1.78. The number of carbonyl (C=O) groups excluding carboxylic acids is 2. The molecule has 8 heteroatoms. The highest BCUT2D eigenvalue weighted by Crippen LogP contribution is 2.44. The SMILES string of the molecule is CN1C(=O)N(c2cc(Cl)cc(Cl)c2)C(=O)C12CNC[C@H]2c1ccc(C#N)cc1. The van der Waals surface area contributed by atoms with E-state index in [0.29, 0.717) is 34.4 Å². The predicted molar refractivity (Wildman–Crippen MR) is 107 cm³/mol. The van der Waals surface area contributed by atoms with E-state index in [0.717, 1.165) is 10.5 Å². The van der Waals surface area contributed by atoms with Crippen LogP contribution in [0.4, 0.5) is 10.5 Å². The van der Waals surface area contributed by atoms with Gasteiger partial charge < -0.3 is 10.2 Å². The first-order chi connectivity index (χ1) is 13.4. The van der Waals surface area contributed by atoms with Crippen molar-refractivity contribution in [3.05, 3.63) is 63.6 Å². The molecule has 2 aliphatic heterocycles. The van der Waals surface area contributed by atoms with Crippen molar-refractivity contribution in [1.29, 1.82) is 5.26 Å². The highest BCUT2D eigenvalue weighted by molar-refractivity contribution is 6.35. The number of hydrogen-bond acceptors (Lipinski definition) is 4. The molecule has 4 rings (SSSR count). The number of benzene rings is 2. The van der Waals surface area contributed by atoms with Crippen LogP contribution in [0.1, 0.15) is 17.0 Å². The number of halogens is 2. The molecule has 28 heavy (non-hydrogen) atoms. The zero-order chi connectivity index (χ0) is 20.1. The number of likely N-dealkylation sites (N-methyl/N-ethyl adjacent to an activating group) is 1. The van der Waals surface area contributed by atoms with Crippen LogP contribution in [-0.2, 0) is 4.79 Å². The van der Waals surface area contributed by atoms with E-state index in [1.54, 1.807) is 37.4 Å². The molecular weight excluding hydrogens is 399 g/mol. The van der Waals surface area contributed by atoms with Gasteiger partial charge in [-0.25, -0.2) is 9.69 Å². The van der Waals surface area contributed by atoms with Crippen molar-refractivity contribution in [3.8, 4) is 6.07 Å². The van der Waals surface area contributed by atoms with Crippen molar-refractivity contribution in [1.82, 2.24) is 10.2 Å². The molecule has 2 saturated heterocycles. The van der Waals surface area contributed by atoms with Crippen LogP contribution in [0.3, 0.4) is 0 Å². The van der Waals surface area contributed by atoms with Crippen LogP contribution in [-0.4, -0.2) is 42.5 Å². The molecule has 1 unspecified atom stereocenters. The van der Waals surface area contributed by atoms with Crippen molar-refractivity contribution in [3.63, 3.8) is 0 Å². The fourth-order valence-electron chi connectivity index (χ4n) is 4.10. The molecule has 0 aromatic heterocycles. The third-order valence-electron chi connectivity index (χ3n) is 5.52. The first-order valence-corrected chi connectivity index (χ1v) is 9.43. The molecule has 2 aromatic carbocycles. The first kappa shape index (κ1) is 18.8. The second-order valence-electron chi connectivity index (χ2n) is 6.95. The lowest BCUT2D eigenvalue weighted by Crippen LogP contribution is -2.53. The van der Waals surface area contributed by atoms with Crippen molar-refractivity contribution in [2.24, 2.45) is 0 Å². The number of nitrogens with one attached hydrogen (secondary N) is 1.